The van der Waals surface area contributed by atoms with Crippen LogP contribution in [0.5, 0.6) is 0 Å². The van der Waals surface area contributed by atoms with Crippen molar-refractivity contribution in [2.45, 2.75) is 13.1 Å². The Morgan fingerprint density at radius 2 is 1.79 bits per heavy atom. The fraction of sp³-hybridized carbons (Fsp3) is 0.200. The molecule has 2 aromatic rings. The number of benzene rings is 2. The van der Waals surface area contributed by atoms with E-state index in [0.717, 1.165) is 16.6 Å². The lowest BCUT2D eigenvalue weighted by molar-refractivity contribution is 0.319. The van der Waals surface area contributed by atoms with Crippen LogP contribution in [0, 0.1) is 5.82 Å². The Morgan fingerprint density at radius 3 is 2.42 bits per heavy atom. The van der Waals surface area contributed by atoms with Gasteiger partial charge in [-0.25, -0.2) is 4.39 Å². The van der Waals surface area contributed by atoms with E-state index in [2.05, 4.69) is 33.0 Å². The first-order chi connectivity index (χ1) is 9.04. The molecule has 0 heterocycles. The molecule has 0 spiro atoms. The Bertz CT molecular complexity index is 555. The lowest BCUT2D eigenvalue weighted by atomic mass is 10.1. The molecule has 100 valence electrons. The Labute approximate surface area is 121 Å². The van der Waals surface area contributed by atoms with Crippen molar-refractivity contribution in [1.29, 1.82) is 0 Å². The number of hydrogen-bond donors (Lipinski definition) is 1. The van der Waals surface area contributed by atoms with Gasteiger partial charge < -0.3 is 5.73 Å². The van der Waals surface area contributed by atoms with Crippen molar-refractivity contribution < 1.29 is 4.39 Å². The summed E-state index contributed by atoms with van der Waals surface area (Å²) >= 11 is 3.42. The highest BCUT2D eigenvalue weighted by Gasteiger charge is 2.05. The summed E-state index contributed by atoms with van der Waals surface area (Å²) in [4.78, 5) is 2.15. The minimum absolute atomic E-state index is 0.295. The highest BCUT2D eigenvalue weighted by atomic mass is 79.9. The average Bonchev–Trinajstić information content (AvgIpc) is 2.36. The summed E-state index contributed by atoms with van der Waals surface area (Å²) in [6, 6.07) is 12.7. The molecule has 2 nitrogen and oxygen atoms in total. The molecule has 0 unspecified atom stereocenters. The summed E-state index contributed by atoms with van der Waals surface area (Å²) in [6.45, 7) is 1.52. The average molecular weight is 323 g/mol. The molecule has 4 heteroatoms. The molecule has 0 radical (unpaired) electrons. The summed E-state index contributed by atoms with van der Waals surface area (Å²) < 4.78 is 14.0. The minimum Gasteiger partial charge on any atom is -0.398 e. The van der Waals surface area contributed by atoms with Crippen LogP contribution < -0.4 is 5.73 Å². The van der Waals surface area contributed by atoms with Crippen molar-refractivity contribution in [1.82, 2.24) is 4.90 Å². The third-order valence-corrected chi connectivity index (χ3v) is 3.44. The van der Waals surface area contributed by atoms with Crippen LogP contribution in [0.3, 0.4) is 0 Å². The first-order valence-corrected chi connectivity index (χ1v) is 6.81. The zero-order valence-electron chi connectivity index (χ0n) is 10.7. The minimum atomic E-state index is -0.295. The largest absolute Gasteiger partial charge is 0.398 e. The van der Waals surface area contributed by atoms with E-state index >= 15 is 0 Å². The topological polar surface area (TPSA) is 29.3 Å². The van der Waals surface area contributed by atoms with Crippen LogP contribution in [-0.2, 0) is 13.1 Å². The molecule has 0 aliphatic rings. The summed E-state index contributed by atoms with van der Waals surface area (Å²) in [7, 11) is 2.02. The van der Waals surface area contributed by atoms with Gasteiger partial charge in [0.15, 0.2) is 0 Å². The van der Waals surface area contributed by atoms with Gasteiger partial charge in [0.05, 0.1) is 0 Å². The zero-order valence-corrected chi connectivity index (χ0v) is 12.3. The molecule has 0 aromatic heterocycles. The van der Waals surface area contributed by atoms with E-state index in [1.807, 2.05) is 19.2 Å². The Hall–Kier alpha value is -1.39. The van der Waals surface area contributed by atoms with Gasteiger partial charge in [-0.2, -0.15) is 0 Å². The van der Waals surface area contributed by atoms with Gasteiger partial charge in [0.2, 0.25) is 0 Å². The Morgan fingerprint density at radius 1 is 1.11 bits per heavy atom. The van der Waals surface area contributed by atoms with Crippen molar-refractivity contribution >= 4 is 21.6 Å². The van der Waals surface area contributed by atoms with Gasteiger partial charge in [0, 0.05) is 23.2 Å². The molecule has 19 heavy (non-hydrogen) atoms. The first-order valence-electron chi connectivity index (χ1n) is 6.01. The Kier molecular flexibility index (Phi) is 4.56. The van der Waals surface area contributed by atoms with Gasteiger partial charge >= 0.3 is 0 Å². The van der Waals surface area contributed by atoms with E-state index in [1.54, 1.807) is 6.07 Å². The van der Waals surface area contributed by atoms with Crippen LogP contribution in [0.15, 0.2) is 46.9 Å². The molecule has 0 fully saturated rings. The third kappa shape index (κ3) is 4.04. The van der Waals surface area contributed by atoms with Gasteiger partial charge in [-0.3, -0.25) is 4.90 Å². The molecular formula is C15H16BrFN2. The van der Waals surface area contributed by atoms with Gasteiger partial charge in [-0.1, -0.05) is 34.1 Å². The van der Waals surface area contributed by atoms with Gasteiger partial charge in [-0.05, 0) is 42.4 Å². The van der Waals surface area contributed by atoms with Crippen molar-refractivity contribution in [2.75, 3.05) is 12.8 Å². The van der Waals surface area contributed by atoms with Crippen LogP contribution in [0.2, 0.25) is 0 Å². The van der Waals surface area contributed by atoms with E-state index in [0.29, 0.717) is 12.2 Å². The summed E-state index contributed by atoms with van der Waals surface area (Å²) in [5.74, 6) is -0.295. The number of rotatable bonds is 4. The molecule has 2 rings (SSSR count). The number of nitrogens with two attached hydrogens (primary N) is 1. The maximum absolute atomic E-state index is 13.0. The fourth-order valence-electron chi connectivity index (χ4n) is 1.96. The predicted molar refractivity (Wildman–Crippen MR) is 80.1 cm³/mol. The van der Waals surface area contributed by atoms with Crippen molar-refractivity contribution in [3.05, 3.63) is 63.9 Å². The van der Waals surface area contributed by atoms with E-state index in [1.165, 1.54) is 17.7 Å². The second kappa shape index (κ2) is 6.17. The van der Waals surface area contributed by atoms with Gasteiger partial charge in [-0.15, -0.1) is 0 Å². The fourth-order valence-corrected chi connectivity index (χ4v) is 2.22. The second-order valence-corrected chi connectivity index (χ2v) is 5.56. The summed E-state index contributed by atoms with van der Waals surface area (Å²) in [5, 5.41) is 0. The molecule has 0 saturated heterocycles. The van der Waals surface area contributed by atoms with Crippen LogP contribution in [0.1, 0.15) is 11.1 Å². The Balaban J connectivity index is 2.01. The SMILES string of the molecule is CN(Cc1ccc(Br)cc1)Cc1ccc(F)cc1N. The molecule has 0 saturated carbocycles. The molecule has 0 amide bonds. The maximum Gasteiger partial charge on any atom is 0.125 e. The van der Waals surface area contributed by atoms with Crippen LogP contribution in [-0.4, -0.2) is 11.9 Å². The van der Waals surface area contributed by atoms with Crippen molar-refractivity contribution in [3.63, 3.8) is 0 Å². The van der Waals surface area contributed by atoms with Gasteiger partial charge in [0.1, 0.15) is 5.82 Å². The van der Waals surface area contributed by atoms with E-state index < -0.39 is 0 Å². The number of nitrogen functional groups attached to an aromatic ring is 1. The lowest BCUT2D eigenvalue weighted by Gasteiger charge is -2.18. The lowest BCUT2D eigenvalue weighted by Crippen LogP contribution is -2.18. The second-order valence-electron chi connectivity index (χ2n) is 4.64. The number of anilines is 1. The van der Waals surface area contributed by atoms with Crippen LogP contribution in [0.4, 0.5) is 10.1 Å². The van der Waals surface area contributed by atoms with E-state index in [9.17, 15) is 4.39 Å². The van der Waals surface area contributed by atoms with Crippen molar-refractivity contribution in [3.8, 4) is 0 Å². The zero-order chi connectivity index (χ0) is 13.8. The predicted octanol–water partition coefficient (Wildman–Crippen LogP) is 3.80. The molecule has 2 aromatic carbocycles. The smallest absolute Gasteiger partial charge is 0.125 e. The van der Waals surface area contributed by atoms with Gasteiger partial charge in [0.25, 0.3) is 0 Å². The quantitative estimate of drug-likeness (QED) is 0.867. The highest BCUT2D eigenvalue weighted by molar-refractivity contribution is 9.10. The van der Waals surface area contributed by atoms with Crippen LogP contribution >= 0.6 is 15.9 Å². The first kappa shape index (κ1) is 14.0. The maximum atomic E-state index is 13.0. The van der Waals surface area contributed by atoms with Crippen LogP contribution in [0.25, 0.3) is 0 Å². The number of hydrogen-bond acceptors (Lipinski definition) is 2. The molecule has 2 N–H and O–H groups in total. The molecule has 0 aliphatic carbocycles. The monoisotopic (exact) mass is 322 g/mol. The molecule has 0 bridgehead atoms. The molecule has 0 aliphatic heterocycles. The molecule has 0 atom stereocenters. The highest BCUT2D eigenvalue weighted by Crippen LogP contribution is 2.17. The number of nitrogens with zero attached hydrogens (tertiary/aromatic N) is 1. The standard InChI is InChI=1S/C15H16BrFN2/c1-19(9-11-2-5-13(16)6-3-11)10-12-4-7-14(17)8-15(12)18/h2-8H,9-10,18H2,1H3. The van der Waals surface area contributed by atoms with Crippen molar-refractivity contribution in [2.24, 2.45) is 0 Å². The normalized spacial score (nSPS) is 10.9. The third-order valence-electron chi connectivity index (χ3n) is 2.91. The summed E-state index contributed by atoms with van der Waals surface area (Å²) in [6.07, 6.45) is 0. The van der Waals surface area contributed by atoms with E-state index in [-0.39, 0.29) is 5.82 Å². The summed E-state index contributed by atoms with van der Waals surface area (Å²) in [5.41, 5.74) is 8.49. The number of halogens is 2. The van der Waals surface area contributed by atoms with E-state index in [4.69, 9.17) is 5.73 Å². The molecular weight excluding hydrogens is 307 g/mol.